The summed E-state index contributed by atoms with van der Waals surface area (Å²) in [6.07, 6.45) is 16.4. The van der Waals surface area contributed by atoms with Crippen molar-refractivity contribution in [2.45, 2.75) is 132 Å². The minimum absolute atomic E-state index is 0.209. The predicted octanol–water partition coefficient (Wildman–Crippen LogP) is 13.3. The van der Waals surface area contributed by atoms with Gasteiger partial charge >= 0.3 is 0 Å². The highest BCUT2D eigenvalue weighted by atomic mass is 14.6. The summed E-state index contributed by atoms with van der Waals surface area (Å²) >= 11 is 0. The fraction of sp³-hybridized carbons (Fsp3) is 0.561. The van der Waals surface area contributed by atoms with Crippen LogP contribution in [-0.2, 0) is 5.41 Å². The van der Waals surface area contributed by atoms with Gasteiger partial charge in [-0.25, -0.2) is 0 Å². The quantitative estimate of drug-likeness (QED) is 0.177. The fourth-order valence-electron chi connectivity index (χ4n) is 6.47. The summed E-state index contributed by atoms with van der Waals surface area (Å²) in [6.45, 7) is 42.1. The molecule has 3 atom stereocenters. The van der Waals surface area contributed by atoms with Crippen LogP contribution in [0.15, 0.2) is 79.5 Å². The van der Waals surface area contributed by atoms with Crippen molar-refractivity contribution in [2.24, 2.45) is 17.3 Å². The number of rotatable bonds is 12. The van der Waals surface area contributed by atoms with Crippen molar-refractivity contribution in [3.05, 3.63) is 102 Å². The Kier molecular flexibility index (Phi) is 14.6. The lowest BCUT2D eigenvalue weighted by Crippen LogP contribution is -2.51. The summed E-state index contributed by atoms with van der Waals surface area (Å²) in [5.74, 6) is 1.88. The van der Waals surface area contributed by atoms with Crippen LogP contribution in [0.4, 0.5) is 0 Å². The molecule has 0 aliphatic heterocycles. The van der Waals surface area contributed by atoms with Crippen LogP contribution in [0.1, 0.15) is 142 Å². The molecule has 0 heteroatoms. The van der Waals surface area contributed by atoms with Crippen LogP contribution >= 0.6 is 0 Å². The van der Waals surface area contributed by atoms with E-state index in [-0.39, 0.29) is 5.41 Å². The van der Waals surface area contributed by atoms with Gasteiger partial charge in [-0.05, 0) is 104 Å². The van der Waals surface area contributed by atoms with Gasteiger partial charge < -0.3 is 0 Å². The number of allylic oxidation sites excluding steroid dienone is 6. The standard InChI is InChI=1S/C30H44.C6H10.C5H10/c1-10-12-13-14-15-29(6,7)23-16-21(5)28(22(11-2)17-23)25-18-24(20(3)4)26-19-27(25)30(26,8)9;1-4-5-6(2)3;1-4-5(2)3/h11,16-18,25-27H,2-3,10,12-15,19H2,1,4-9H3;4H,1-2,5H2,3H3;2,4H2,1,3H3/t25-,26?,27?;;/m0../s1. The number of fused-ring (bicyclic) bond motifs is 1. The van der Waals surface area contributed by atoms with Crippen LogP contribution in [-0.4, -0.2) is 0 Å². The zero-order valence-electron chi connectivity index (χ0n) is 28.8. The maximum atomic E-state index is 4.31. The molecule has 1 fully saturated rings. The second kappa shape index (κ2) is 16.3. The molecule has 2 unspecified atom stereocenters. The van der Waals surface area contributed by atoms with Gasteiger partial charge in [0.1, 0.15) is 0 Å². The second-order valence-electron chi connectivity index (χ2n) is 14.1. The lowest BCUT2D eigenvalue weighted by Gasteiger charge is -2.60. The van der Waals surface area contributed by atoms with Crippen LogP contribution in [0.5, 0.6) is 0 Å². The van der Waals surface area contributed by atoms with Crippen molar-refractivity contribution in [1.82, 2.24) is 0 Å². The van der Waals surface area contributed by atoms with E-state index in [2.05, 4.69) is 113 Å². The Morgan fingerprint density at radius 2 is 1.59 bits per heavy atom. The Hall–Kier alpha value is -2.34. The number of hydrogen-bond donors (Lipinski definition) is 0. The number of benzene rings is 1. The highest BCUT2D eigenvalue weighted by Crippen LogP contribution is 2.65. The first-order valence-electron chi connectivity index (χ1n) is 16.1. The van der Waals surface area contributed by atoms with Crippen LogP contribution in [0.2, 0.25) is 0 Å². The molecule has 1 aromatic carbocycles. The molecule has 0 nitrogen and oxygen atoms in total. The molecule has 2 bridgehead atoms. The molecule has 228 valence electrons. The molecule has 3 aliphatic rings. The van der Waals surface area contributed by atoms with Crippen LogP contribution in [0.25, 0.3) is 6.08 Å². The lowest BCUT2D eigenvalue weighted by molar-refractivity contribution is -0.0177. The highest BCUT2D eigenvalue weighted by molar-refractivity contribution is 5.60. The zero-order valence-corrected chi connectivity index (χ0v) is 28.8. The van der Waals surface area contributed by atoms with Gasteiger partial charge in [-0.1, -0.05) is 134 Å². The number of aryl methyl sites for hydroxylation is 1. The Balaban J connectivity index is 0.000000648. The Morgan fingerprint density at radius 1 is 0.976 bits per heavy atom. The molecule has 0 spiro atoms. The number of hydrogen-bond acceptors (Lipinski definition) is 0. The van der Waals surface area contributed by atoms with Crippen molar-refractivity contribution in [2.75, 3.05) is 0 Å². The Bertz CT molecular complexity index is 1100. The van der Waals surface area contributed by atoms with Crippen molar-refractivity contribution < 1.29 is 0 Å². The third-order valence-corrected chi connectivity index (χ3v) is 9.51. The Morgan fingerprint density at radius 3 is 2.00 bits per heavy atom. The number of unbranched alkanes of at least 4 members (excludes halogenated alkanes) is 3. The average molecular weight is 557 g/mol. The first kappa shape index (κ1) is 36.7. The molecule has 1 saturated carbocycles. The van der Waals surface area contributed by atoms with Gasteiger partial charge in [0.2, 0.25) is 0 Å². The van der Waals surface area contributed by atoms with Crippen molar-refractivity contribution in [3.63, 3.8) is 0 Å². The third-order valence-electron chi connectivity index (χ3n) is 9.51. The van der Waals surface area contributed by atoms with Gasteiger partial charge in [0.25, 0.3) is 0 Å². The summed E-state index contributed by atoms with van der Waals surface area (Å²) in [5, 5.41) is 0. The molecule has 0 saturated heterocycles. The maximum absolute atomic E-state index is 4.31. The molecule has 41 heavy (non-hydrogen) atoms. The molecule has 0 radical (unpaired) electrons. The molecular weight excluding hydrogens is 492 g/mol. The van der Waals surface area contributed by atoms with E-state index in [0.717, 1.165) is 18.8 Å². The van der Waals surface area contributed by atoms with Crippen molar-refractivity contribution >= 4 is 6.08 Å². The van der Waals surface area contributed by atoms with Gasteiger partial charge in [-0.2, -0.15) is 0 Å². The van der Waals surface area contributed by atoms with E-state index in [9.17, 15) is 0 Å². The topological polar surface area (TPSA) is 0 Å². The van der Waals surface area contributed by atoms with Crippen LogP contribution < -0.4 is 0 Å². The largest absolute Gasteiger partial charge is 0.103 e. The van der Waals surface area contributed by atoms with Crippen LogP contribution in [0.3, 0.4) is 0 Å². The van der Waals surface area contributed by atoms with Crippen molar-refractivity contribution in [1.29, 1.82) is 0 Å². The SMILES string of the molecule is C=C(C)CC.C=CCC(=C)C.C=Cc1cc(C(C)(C)CCCCCC)cc(C)c1[C@H]1C=C(C(=C)C)C2CC1C2(C)C. The van der Waals surface area contributed by atoms with E-state index in [1.54, 1.807) is 0 Å². The van der Waals surface area contributed by atoms with Gasteiger partial charge in [0.05, 0.1) is 0 Å². The summed E-state index contributed by atoms with van der Waals surface area (Å²) in [7, 11) is 0. The molecule has 0 N–H and O–H groups in total. The summed E-state index contributed by atoms with van der Waals surface area (Å²) in [4.78, 5) is 0. The summed E-state index contributed by atoms with van der Waals surface area (Å²) < 4.78 is 0. The van der Waals surface area contributed by atoms with E-state index in [1.807, 2.05) is 19.9 Å². The molecule has 3 aliphatic carbocycles. The van der Waals surface area contributed by atoms with Gasteiger partial charge in [-0.15, -0.1) is 13.2 Å². The van der Waals surface area contributed by atoms with Gasteiger partial charge in [0, 0.05) is 5.92 Å². The van der Waals surface area contributed by atoms with E-state index in [4.69, 9.17) is 0 Å². The molecule has 1 aromatic rings. The van der Waals surface area contributed by atoms with E-state index >= 15 is 0 Å². The van der Waals surface area contributed by atoms with E-state index < -0.39 is 0 Å². The molecular formula is C41H64. The molecule has 0 aromatic heterocycles. The fourth-order valence-corrected chi connectivity index (χ4v) is 6.47. The monoisotopic (exact) mass is 557 g/mol. The smallest absolute Gasteiger partial charge is 0.00663 e. The second-order valence-corrected chi connectivity index (χ2v) is 14.1. The third kappa shape index (κ3) is 9.87. The molecule has 4 rings (SSSR count). The summed E-state index contributed by atoms with van der Waals surface area (Å²) in [5.41, 5.74) is 11.5. The normalized spacial score (nSPS) is 20.1. The van der Waals surface area contributed by atoms with Crippen molar-refractivity contribution in [3.8, 4) is 0 Å². The van der Waals surface area contributed by atoms with E-state index in [0.29, 0.717) is 17.3 Å². The first-order valence-corrected chi connectivity index (χ1v) is 16.1. The van der Waals surface area contributed by atoms with E-state index in [1.165, 1.54) is 83.1 Å². The highest BCUT2D eigenvalue weighted by Gasteiger charge is 2.55. The summed E-state index contributed by atoms with van der Waals surface area (Å²) in [6, 6.07) is 4.93. The van der Waals surface area contributed by atoms with Gasteiger partial charge in [0.15, 0.2) is 0 Å². The molecule has 0 amide bonds. The Labute approximate surface area is 256 Å². The zero-order chi connectivity index (χ0) is 31.5. The maximum Gasteiger partial charge on any atom is 0.00663 e. The van der Waals surface area contributed by atoms with Crippen LogP contribution in [0, 0.1) is 24.2 Å². The minimum Gasteiger partial charge on any atom is -0.103 e. The lowest BCUT2D eigenvalue weighted by atomic mass is 9.44. The predicted molar refractivity (Wildman–Crippen MR) is 189 cm³/mol. The minimum atomic E-state index is 0.209. The molecule has 0 heterocycles. The average Bonchev–Trinajstić information content (AvgIpc) is 2.90. The van der Waals surface area contributed by atoms with Gasteiger partial charge in [-0.3, -0.25) is 0 Å². The first-order chi connectivity index (χ1) is 19.1.